The molecule has 8 nitrogen and oxygen atoms in total. The molecule has 2 aliphatic rings. The molecule has 1 aliphatic carbocycles. The maximum absolute atomic E-state index is 11.5. The molecule has 1 saturated heterocycles. The Morgan fingerprint density at radius 2 is 2.25 bits per heavy atom. The number of rotatable bonds is 10. The second kappa shape index (κ2) is 10.0. The SMILES string of the molecule is C=C(C1CNCCO1)N(C1CC1)C(C)c1nn(CCCNC(=O)CC)c2nc(C)ccc12. The highest BCUT2D eigenvalue weighted by molar-refractivity contribution is 5.79. The van der Waals surface area contributed by atoms with E-state index in [1.54, 1.807) is 0 Å². The van der Waals surface area contributed by atoms with Crippen LogP contribution in [-0.4, -0.2) is 64.0 Å². The molecule has 0 bridgehead atoms. The Kier molecular flexibility index (Phi) is 7.10. The van der Waals surface area contributed by atoms with Gasteiger partial charge in [-0.1, -0.05) is 13.5 Å². The summed E-state index contributed by atoms with van der Waals surface area (Å²) in [6, 6.07) is 4.76. The van der Waals surface area contributed by atoms with Crippen molar-refractivity contribution in [3.05, 3.63) is 35.8 Å². The number of aromatic nitrogens is 3. The minimum atomic E-state index is 0.00250. The first-order chi connectivity index (χ1) is 15.5. The number of morpholine rings is 1. The number of amides is 1. The van der Waals surface area contributed by atoms with E-state index in [9.17, 15) is 4.79 Å². The summed E-state index contributed by atoms with van der Waals surface area (Å²) in [5.74, 6) is 0.0802. The highest BCUT2D eigenvalue weighted by atomic mass is 16.5. The van der Waals surface area contributed by atoms with Gasteiger partial charge in [0.05, 0.1) is 18.3 Å². The minimum absolute atomic E-state index is 0.00250. The van der Waals surface area contributed by atoms with E-state index >= 15 is 0 Å². The van der Waals surface area contributed by atoms with Gasteiger partial charge in [-0.15, -0.1) is 0 Å². The number of aryl methyl sites for hydroxylation is 2. The van der Waals surface area contributed by atoms with Gasteiger partial charge in [-0.25, -0.2) is 9.67 Å². The van der Waals surface area contributed by atoms with Gasteiger partial charge < -0.3 is 20.3 Å². The van der Waals surface area contributed by atoms with E-state index in [1.807, 2.05) is 18.5 Å². The van der Waals surface area contributed by atoms with Crippen LogP contribution in [0.25, 0.3) is 11.0 Å². The number of nitrogens with one attached hydrogen (secondary N) is 2. The smallest absolute Gasteiger partial charge is 0.219 e. The molecule has 32 heavy (non-hydrogen) atoms. The Morgan fingerprint density at radius 3 is 2.94 bits per heavy atom. The molecular weight excluding hydrogens is 404 g/mol. The van der Waals surface area contributed by atoms with E-state index in [4.69, 9.17) is 14.8 Å². The van der Waals surface area contributed by atoms with E-state index in [2.05, 4.69) is 41.2 Å². The lowest BCUT2D eigenvalue weighted by molar-refractivity contribution is -0.120. The standard InChI is InChI=1S/C24H36N6O2/c1-5-22(31)26-11-6-13-29-24-20(10-7-16(2)27-24)23(28-29)18(4)30(19-8-9-19)17(3)21-15-25-12-14-32-21/h7,10,18-19,21,25H,3,5-6,8-9,11-15H2,1-2,4H3,(H,26,31). The summed E-state index contributed by atoms with van der Waals surface area (Å²) < 4.78 is 8.01. The van der Waals surface area contributed by atoms with E-state index in [0.29, 0.717) is 32.2 Å². The van der Waals surface area contributed by atoms with Gasteiger partial charge in [0.25, 0.3) is 0 Å². The van der Waals surface area contributed by atoms with Crippen molar-refractivity contribution in [3.8, 4) is 0 Å². The summed E-state index contributed by atoms with van der Waals surface area (Å²) >= 11 is 0. The third-order valence-corrected chi connectivity index (χ3v) is 6.34. The first kappa shape index (κ1) is 22.7. The lowest BCUT2D eigenvalue weighted by Gasteiger charge is -2.37. The number of hydrogen-bond donors (Lipinski definition) is 2. The summed E-state index contributed by atoms with van der Waals surface area (Å²) in [7, 11) is 0. The third-order valence-electron chi connectivity index (χ3n) is 6.34. The zero-order valence-electron chi connectivity index (χ0n) is 19.6. The van der Waals surface area contributed by atoms with Crippen molar-refractivity contribution < 1.29 is 9.53 Å². The van der Waals surface area contributed by atoms with Crippen molar-refractivity contribution in [2.75, 3.05) is 26.2 Å². The van der Waals surface area contributed by atoms with Crippen molar-refractivity contribution in [1.29, 1.82) is 0 Å². The molecule has 1 saturated carbocycles. The maximum atomic E-state index is 11.5. The predicted octanol–water partition coefficient (Wildman–Crippen LogP) is 2.68. The highest BCUT2D eigenvalue weighted by Crippen LogP contribution is 2.39. The summed E-state index contributed by atoms with van der Waals surface area (Å²) in [6.45, 7) is 14.3. The van der Waals surface area contributed by atoms with Crippen molar-refractivity contribution in [2.45, 2.75) is 71.2 Å². The van der Waals surface area contributed by atoms with Crippen molar-refractivity contribution in [1.82, 2.24) is 30.3 Å². The van der Waals surface area contributed by atoms with Crippen LogP contribution in [0.4, 0.5) is 0 Å². The molecular formula is C24H36N6O2. The Hall–Kier alpha value is -2.45. The zero-order chi connectivity index (χ0) is 22.7. The van der Waals surface area contributed by atoms with Gasteiger partial charge in [0, 0.05) is 55.4 Å². The second-order valence-corrected chi connectivity index (χ2v) is 8.86. The quantitative estimate of drug-likeness (QED) is 0.553. The normalized spacial score (nSPS) is 19.7. The fourth-order valence-corrected chi connectivity index (χ4v) is 4.45. The Labute approximate surface area is 190 Å². The summed E-state index contributed by atoms with van der Waals surface area (Å²) in [4.78, 5) is 18.8. The summed E-state index contributed by atoms with van der Waals surface area (Å²) in [6.07, 6.45) is 3.68. The fourth-order valence-electron chi connectivity index (χ4n) is 4.45. The third kappa shape index (κ3) is 4.96. The molecule has 1 amide bonds. The van der Waals surface area contributed by atoms with Crippen LogP contribution in [-0.2, 0) is 16.1 Å². The van der Waals surface area contributed by atoms with Crippen LogP contribution in [0, 0.1) is 6.92 Å². The van der Waals surface area contributed by atoms with Crippen LogP contribution in [0.2, 0.25) is 0 Å². The number of fused-ring (bicyclic) bond motifs is 1. The molecule has 2 atom stereocenters. The average Bonchev–Trinajstić information content (AvgIpc) is 3.58. The summed E-state index contributed by atoms with van der Waals surface area (Å²) in [5, 5.41) is 12.5. The molecule has 3 heterocycles. The number of carbonyl (C=O) groups is 1. The summed E-state index contributed by atoms with van der Waals surface area (Å²) in [5.41, 5.74) is 3.95. The molecule has 0 spiro atoms. The molecule has 2 aromatic rings. The van der Waals surface area contributed by atoms with Crippen LogP contribution < -0.4 is 10.6 Å². The molecule has 2 unspecified atom stereocenters. The van der Waals surface area contributed by atoms with Gasteiger partial charge in [-0.3, -0.25) is 4.79 Å². The van der Waals surface area contributed by atoms with Crippen LogP contribution >= 0.6 is 0 Å². The molecule has 2 aromatic heterocycles. The molecule has 0 aromatic carbocycles. The number of hydrogen-bond acceptors (Lipinski definition) is 6. The van der Waals surface area contributed by atoms with Gasteiger partial charge in [0.1, 0.15) is 6.10 Å². The highest BCUT2D eigenvalue weighted by Gasteiger charge is 2.38. The fraction of sp³-hybridized carbons (Fsp3) is 0.625. The van der Waals surface area contributed by atoms with E-state index in [-0.39, 0.29) is 18.1 Å². The Bertz CT molecular complexity index is 961. The van der Waals surface area contributed by atoms with Gasteiger partial charge in [0.15, 0.2) is 5.65 Å². The van der Waals surface area contributed by atoms with Gasteiger partial charge in [-0.2, -0.15) is 5.10 Å². The monoisotopic (exact) mass is 440 g/mol. The number of carbonyl (C=O) groups excluding carboxylic acids is 1. The molecule has 8 heteroatoms. The zero-order valence-corrected chi connectivity index (χ0v) is 19.6. The van der Waals surface area contributed by atoms with Gasteiger partial charge >= 0.3 is 0 Å². The number of ether oxygens (including phenoxy) is 1. The second-order valence-electron chi connectivity index (χ2n) is 8.86. The Morgan fingerprint density at radius 1 is 1.44 bits per heavy atom. The number of pyridine rings is 1. The topological polar surface area (TPSA) is 84.3 Å². The maximum Gasteiger partial charge on any atom is 0.219 e. The van der Waals surface area contributed by atoms with E-state index in [1.165, 1.54) is 12.8 Å². The van der Waals surface area contributed by atoms with Crippen molar-refractivity contribution in [2.24, 2.45) is 0 Å². The average molecular weight is 441 g/mol. The predicted molar refractivity (Wildman–Crippen MR) is 125 cm³/mol. The molecule has 1 aliphatic heterocycles. The molecule has 0 radical (unpaired) electrons. The Balaban J connectivity index is 1.57. The van der Waals surface area contributed by atoms with Crippen LogP contribution in [0.3, 0.4) is 0 Å². The first-order valence-electron chi connectivity index (χ1n) is 11.9. The van der Waals surface area contributed by atoms with Crippen molar-refractivity contribution in [3.63, 3.8) is 0 Å². The van der Waals surface area contributed by atoms with Gasteiger partial charge in [-0.05, 0) is 45.2 Å². The molecule has 2 fully saturated rings. The largest absolute Gasteiger partial charge is 0.369 e. The van der Waals surface area contributed by atoms with E-state index < -0.39 is 0 Å². The van der Waals surface area contributed by atoms with Crippen LogP contribution in [0.5, 0.6) is 0 Å². The van der Waals surface area contributed by atoms with E-state index in [0.717, 1.165) is 47.6 Å². The molecule has 174 valence electrons. The van der Waals surface area contributed by atoms with Crippen molar-refractivity contribution >= 4 is 16.9 Å². The molecule has 4 rings (SSSR count). The van der Waals surface area contributed by atoms with Gasteiger partial charge in [0.2, 0.25) is 5.91 Å². The molecule has 2 N–H and O–H groups in total. The minimum Gasteiger partial charge on any atom is -0.369 e. The number of nitrogens with zero attached hydrogens (tertiary/aromatic N) is 4. The lowest BCUT2D eigenvalue weighted by atomic mass is 10.1. The lowest BCUT2D eigenvalue weighted by Crippen LogP contribution is -2.44. The van der Waals surface area contributed by atoms with Crippen LogP contribution in [0.15, 0.2) is 24.4 Å². The first-order valence-corrected chi connectivity index (χ1v) is 11.9. The van der Waals surface area contributed by atoms with Crippen LogP contribution in [0.1, 0.15) is 57.0 Å².